The van der Waals surface area contributed by atoms with Gasteiger partial charge in [-0.1, -0.05) is 11.2 Å². The van der Waals surface area contributed by atoms with E-state index >= 15 is 0 Å². The average molecular weight is 279 g/mol. The van der Waals surface area contributed by atoms with Crippen LogP contribution in [-0.4, -0.2) is 38.7 Å². The molecule has 2 aromatic heterocycles. The second-order valence-corrected chi connectivity index (χ2v) is 5.41. The molecule has 0 radical (unpaired) electrons. The van der Waals surface area contributed by atoms with Gasteiger partial charge in [-0.2, -0.15) is 4.98 Å². The first-order chi connectivity index (χ1) is 9.24. The number of hydrogen-bond acceptors (Lipinski definition) is 6. The highest BCUT2D eigenvalue weighted by atomic mass is 32.1. The predicted molar refractivity (Wildman–Crippen MR) is 68.7 cm³/mol. The third kappa shape index (κ3) is 2.52. The standard InChI is InChI=1S/C12H13N3O3S/c16-12(17)8-3-1-5-15(8)7-10-13-11(18-14-10)9-4-2-6-19-9/h2,4,6,8H,1,3,5,7H2,(H,16,17). The summed E-state index contributed by atoms with van der Waals surface area (Å²) in [6.07, 6.45) is 1.58. The Hall–Kier alpha value is -1.73. The first kappa shape index (κ1) is 12.3. The summed E-state index contributed by atoms with van der Waals surface area (Å²) < 4.78 is 5.19. The maximum absolute atomic E-state index is 11.1. The second-order valence-electron chi connectivity index (χ2n) is 4.46. The van der Waals surface area contributed by atoms with Crippen LogP contribution in [0.25, 0.3) is 10.8 Å². The largest absolute Gasteiger partial charge is 0.480 e. The van der Waals surface area contributed by atoms with E-state index in [4.69, 9.17) is 9.63 Å². The molecule has 0 spiro atoms. The molecule has 100 valence electrons. The summed E-state index contributed by atoms with van der Waals surface area (Å²) in [6.45, 7) is 1.19. The topological polar surface area (TPSA) is 79.5 Å². The van der Waals surface area contributed by atoms with Crippen molar-refractivity contribution >= 4 is 17.3 Å². The number of thiophene rings is 1. The molecule has 1 fully saturated rings. The van der Waals surface area contributed by atoms with Gasteiger partial charge in [0.2, 0.25) is 0 Å². The fourth-order valence-electron chi connectivity index (χ4n) is 2.30. The molecule has 3 heterocycles. The van der Waals surface area contributed by atoms with E-state index < -0.39 is 12.0 Å². The molecule has 1 unspecified atom stereocenters. The molecule has 0 aromatic carbocycles. The van der Waals surface area contributed by atoms with Crippen molar-refractivity contribution < 1.29 is 14.4 Å². The summed E-state index contributed by atoms with van der Waals surface area (Å²) in [5, 5.41) is 15.0. The highest BCUT2D eigenvalue weighted by Crippen LogP contribution is 2.24. The molecule has 1 aliphatic heterocycles. The van der Waals surface area contributed by atoms with E-state index in [1.54, 1.807) is 0 Å². The van der Waals surface area contributed by atoms with Gasteiger partial charge in [-0.3, -0.25) is 9.69 Å². The van der Waals surface area contributed by atoms with Gasteiger partial charge < -0.3 is 9.63 Å². The van der Waals surface area contributed by atoms with Crippen molar-refractivity contribution in [3.8, 4) is 10.8 Å². The van der Waals surface area contributed by atoms with Gasteiger partial charge in [0.25, 0.3) is 5.89 Å². The fraction of sp³-hybridized carbons (Fsp3) is 0.417. The van der Waals surface area contributed by atoms with Crippen molar-refractivity contribution in [1.82, 2.24) is 15.0 Å². The lowest BCUT2D eigenvalue weighted by atomic mass is 10.2. The zero-order valence-electron chi connectivity index (χ0n) is 10.2. The SMILES string of the molecule is O=C(O)C1CCCN1Cc1noc(-c2cccs2)n1. The van der Waals surface area contributed by atoms with Crippen molar-refractivity contribution in [3.05, 3.63) is 23.3 Å². The van der Waals surface area contributed by atoms with Gasteiger partial charge in [0, 0.05) is 0 Å². The van der Waals surface area contributed by atoms with Crippen molar-refractivity contribution in [2.75, 3.05) is 6.54 Å². The van der Waals surface area contributed by atoms with Crippen LogP contribution in [-0.2, 0) is 11.3 Å². The van der Waals surface area contributed by atoms with E-state index in [0.29, 0.717) is 24.7 Å². The molecular weight excluding hydrogens is 266 g/mol. The van der Waals surface area contributed by atoms with E-state index in [1.807, 2.05) is 22.4 Å². The molecule has 0 amide bonds. The maximum Gasteiger partial charge on any atom is 0.320 e. The summed E-state index contributed by atoms with van der Waals surface area (Å²) in [5.74, 6) is 0.257. The van der Waals surface area contributed by atoms with Crippen LogP contribution >= 0.6 is 11.3 Å². The van der Waals surface area contributed by atoms with Gasteiger partial charge in [0.05, 0.1) is 11.4 Å². The van der Waals surface area contributed by atoms with E-state index in [0.717, 1.165) is 17.8 Å². The molecule has 0 aliphatic carbocycles. The van der Waals surface area contributed by atoms with Gasteiger partial charge >= 0.3 is 5.97 Å². The summed E-state index contributed by atoms with van der Waals surface area (Å²) >= 11 is 1.53. The van der Waals surface area contributed by atoms with Crippen LogP contribution in [0.15, 0.2) is 22.0 Å². The normalized spacial score (nSPS) is 19.9. The van der Waals surface area contributed by atoms with Gasteiger partial charge in [0.15, 0.2) is 5.82 Å². The summed E-state index contributed by atoms with van der Waals surface area (Å²) in [5.41, 5.74) is 0. The van der Waals surface area contributed by atoms with E-state index in [1.165, 1.54) is 11.3 Å². The van der Waals surface area contributed by atoms with Crippen molar-refractivity contribution in [2.45, 2.75) is 25.4 Å². The van der Waals surface area contributed by atoms with E-state index in [2.05, 4.69) is 10.1 Å². The number of carboxylic acids is 1. The molecule has 3 rings (SSSR count). The maximum atomic E-state index is 11.1. The predicted octanol–water partition coefficient (Wildman–Crippen LogP) is 1.85. The Balaban J connectivity index is 1.72. The Kier molecular flexibility index (Phi) is 3.31. The average Bonchev–Trinajstić information content (AvgIpc) is 3.09. The molecular formula is C12H13N3O3S. The summed E-state index contributed by atoms with van der Waals surface area (Å²) in [4.78, 5) is 18.2. The molecule has 2 aromatic rings. The lowest BCUT2D eigenvalue weighted by Gasteiger charge is -2.18. The van der Waals surface area contributed by atoms with E-state index in [-0.39, 0.29) is 0 Å². The first-order valence-corrected chi connectivity index (χ1v) is 6.95. The lowest BCUT2D eigenvalue weighted by molar-refractivity contribution is -0.142. The number of hydrogen-bond donors (Lipinski definition) is 1. The smallest absolute Gasteiger partial charge is 0.320 e. The monoisotopic (exact) mass is 279 g/mol. The molecule has 0 bridgehead atoms. The number of rotatable bonds is 4. The minimum Gasteiger partial charge on any atom is -0.480 e. The first-order valence-electron chi connectivity index (χ1n) is 6.07. The van der Waals surface area contributed by atoms with Crippen LogP contribution in [0, 0.1) is 0 Å². The number of nitrogens with zero attached hydrogens (tertiary/aromatic N) is 3. The summed E-state index contributed by atoms with van der Waals surface area (Å²) in [6, 6.07) is 3.41. The highest BCUT2D eigenvalue weighted by molar-refractivity contribution is 7.13. The van der Waals surface area contributed by atoms with Crippen LogP contribution in [0.2, 0.25) is 0 Å². The summed E-state index contributed by atoms with van der Waals surface area (Å²) in [7, 11) is 0. The van der Waals surface area contributed by atoms with Gasteiger partial charge in [-0.05, 0) is 30.8 Å². The Labute approximate surface area is 113 Å². The number of aromatic nitrogens is 2. The van der Waals surface area contributed by atoms with Crippen molar-refractivity contribution in [2.24, 2.45) is 0 Å². The lowest BCUT2D eigenvalue weighted by Crippen LogP contribution is -2.35. The zero-order valence-corrected chi connectivity index (χ0v) is 11.0. The van der Waals surface area contributed by atoms with Crippen LogP contribution in [0.5, 0.6) is 0 Å². The number of carboxylic acid groups (broad SMARTS) is 1. The Morgan fingerprint density at radius 3 is 3.26 bits per heavy atom. The zero-order chi connectivity index (χ0) is 13.2. The van der Waals surface area contributed by atoms with Gasteiger partial charge in [-0.15, -0.1) is 11.3 Å². The quantitative estimate of drug-likeness (QED) is 0.920. The molecule has 1 saturated heterocycles. The fourth-order valence-corrected chi connectivity index (χ4v) is 2.94. The Morgan fingerprint density at radius 1 is 1.63 bits per heavy atom. The van der Waals surface area contributed by atoms with E-state index in [9.17, 15) is 4.79 Å². The minimum atomic E-state index is -0.778. The van der Waals surface area contributed by atoms with Crippen LogP contribution in [0.4, 0.5) is 0 Å². The van der Waals surface area contributed by atoms with Crippen molar-refractivity contribution in [3.63, 3.8) is 0 Å². The highest BCUT2D eigenvalue weighted by Gasteiger charge is 2.31. The molecule has 1 atom stereocenters. The van der Waals surface area contributed by atoms with Gasteiger partial charge in [-0.25, -0.2) is 0 Å². The van der Waals surface area contributed by atoms with Crippen molar-refractivity contribution in [1.29, 1.82) is 0 Å². The second kappa shape index (κ2) is 5.10. The third-order valence-electron chi connectivity index (χ3n) is 3.19. The molecule has 7 heteroatoms. The van der Waals surface area contributed by atoms with Crippen LogP contribution < -0.4 is 0 Å². The number of aliphatic carboxylic acids is 1. The Bertz CT molecular complexity index is 567. The minimum absolute atomic E-state index is 0.422. The van der Waals surface area contributed by atoms with Crippen LogP contribution in [0.1, 0.15) is 18.7 Å². The Morgan fingerprint density at radius 2 is 2.53 bits per heavy atom. The molecule has 1 aliphatic rings. The molecule has 6 nitrogen and oxygen atoms in total. The van der Waals surface area contributed by atoms with Crippen LogP contribution in [0.3, 0.4) is 0 Å². The molecule has 0 saturated carbocycles. The molecule has 1 N–H and O–H groups in total. The number of carbonyl (C=O) groups is 1. The third-order valence-corrected chi connectivity index (χ3v) is 4.05. The number of likely N-dealkylation sites (tertiary alicyclic amines) is 1. The molecule has 19 heavy (non-hydrogen) atoms. The van der Waals surface area contributed by atoms with Gasteiger partial charge in [0.1, 0.15) is 6.04 Å².